The lowest BCUT2D eigenvalue weighted by atomic mass is 10.1. The van der Waals surface area contributed by atoms with Gasteiger partial charge in [0, 0.05) is 18.1 Å². The maximum absolute atomic E-state index is 14.0. The van der Waals surface area contributed by atoms with E-state index in [0.29, 0.717) is 17.1 Å². The summed E-state index contributed by atoms with van der Waals surface area (Å²) in [6, 6.07) is 12.6. The third-order valence-corrected chi connectivity index (χ3v) is 4.68. The molecule has 0 fully saturated rings. The number of hydrogen-bond acceptors (Lipinski definition) is 2. The van der Waals surface area contributed by atoms with Gasteiger partial charge < -0.3 is 10.2 Å². The van der Waals surface area contributed by atoms with Crippen LogP contribution in [0.5, 0.6) is 0 Å². The molecule has 0 aliphatic heterocycles. The van der Waals surface area contributed by atoms with Gasteiger partial charge >= 0.3 is 0 Å². The highest BCUT2D eigenvalue weighted by Crippen LogP contribution is 2.20. The maximum Gasteiger partial charge on any atom is 0.242 e. The van der Waals surface area contributed by atoms with E-state index in [1.165, 1.54) is 11.0 Å². The van der Waals surface area contributed by atoms with Crippen LogP contribution in [0.1, 0.15) is 31.4 Å². The van der Waals surface area contributed by atoms with E-state index >= 15 is 0 Å². The Bertz CT molecular complexity index is 797. The van der Waals surface area contributed by atoms with Crippen molar-refractivity contribution in [2.45, 2.75) is 39.3 Å². The average Bonchev–Trinajstić information content (AvgIpc) is 2.66. The zero-order valence-corrected chi connectivity index (χ0v) is 16.3. The molecule has 0 saturated carbocycles. The highest BCUT2D eigenvalue weighted by atomic mass is 35.5. The summed E-state index contributed by atoms with van der Waals surface area (Å²) in [5.74, 6) is -1.02. The minimum Gasteiger partial charge on any atom is -0.354 e. The molecule has 2 aromatic carbocycles. The zero-order chi connectivity index (χ0) is 19.8. The van der Waals surface area contributed by atoms with Gasteiger partial charge in [-0.3, -0.25) is 9.59 Å². The fourth-order valence-electron chi connectivity index (χ4n) is 2.69. The van der Waals surface area contributed by atoms with Crippen LogP contribution in [0.3, 0.4) is 0 Å². The number of hydrogen-bond donors (Lipinski definition) is 1. The largest absolute Gasteiger partial charge is 0.354 e. The second-order valence-corrected chi connectivity index (χ2v) is 6.76. The second kappa shape index (κ2) is 10.1. The molecule has 0 saturated heterocycles. The number of nitrogens with one attached hydrogen (secondary N) is 1. The monoisotopic (exact) mass is 390 g/mol. The van der Waals surface area contributed by atoms with Crippen molar-refractivity contribution < 1.29 is 14.0 Å². The van der Waals surface area contributed by atoms with Gasteiger partial charge in [0.1, 0.15) is 11.9 Å². The Morgan fingerprint density at radius 1 is 1.11 bits per heavy atom. The van der Waals surface area contributed by atoms with Crippen LogP contribution >= 0.6 is 11.6 Å². The van der Waals surface area contributed by atoms with Gasteiger partial charge in [-0.1, -0.05) is 54.9 Å². The van der Waals surface area contributed by atoms with E-state index < -0.39 is 11.9 Å². The van der Waals surface area contributed by atoms with Crippen LogP contribution in [0.25, 0.3) is 0 Å². The quantitative estimate of drug-likeness (QED) is 0.741. The van der Waals surface area contributed by atoms with Crippen LogP contribution in [0.4, 0.5) is 4.39 Å². The van der Waals surface area contributed by atoms with Gasteiger partial charge in [0.2, 0.25) is 11.8 Å². The molecule has 0 spiro atoms. The summed E-state index contributed by atoms with van der Waals surface area (Å²) in [6.07, 6.45) is 0.675. The summed E-state index contributed by atoms with van der Waals surface area (Å²) in [4.78, 5) is 26.8. The molecule has 144 valence electrons. The maximum atomic E-state index is 14.0. The topological polar surface area (TPSA) is 49.4 Å². The summed E-state index contributed by atoms with van der Waals surface area (Å²) < 4.78 is 14.0. The predicted octanol–water partition coefficient (Wildman–Crippen LogP) is 3.97. The number of carbonyl (C=O) groups is 2. The van der Waals surface area contributed by atoms with E-state index in [4.69, 9.17) is 11.6 Å². The lowest BCUT2D eigenvalue weighted by Crippen LogP contribution is -2.48. The normalized spacial score (nSPS) is 11.7. The van der Waals surface area contributed by atoms with Crippen molar-refractivity contribution in [3.63, 3.8) is 0 Å². The Balaban J connectivity index is 2.25. The smallest absolute Gasteiger partial charge is 0.242 e. The molecule has 0 aliphatic rings. The molecule has 0 radical (unpaired) electrons. The van der Waals surface area contributed by atoms with Crippen molar-refractivity contribution in [1.29, 1.82) is 0 Å². The standard InChI is InChI=1S/C21H24ClFN2O2/c1-3-12-24-21(27)15(2)25(14-17-9-4-6-10-18(17)22)20(26)13-16-8-5-7-11-19(16)23/h4-11,15H,3,12-14H2,1-2H3,(H,24,27)/t15-/m0/s1. The minimum atomic E-state index is -0.702. The average molecular weight is 391 g/mol. The van der Waals surface area contributed by atoms with Crippen molar-refractivity contribution in [1.82, 2.24) is 10.2 Å². The summed E-state index contributed by atoms with van der Waals surface area (Å²) >= 11 is 6.23. The Morgan fingerprint density at radius 2 is 1.74 bits per heavy atom. The van der Waals surface area contributed by atoms with Gasteiger partial charge in [-0.2, -0.15) is 0 Å². The van der Waals surface area contributed by atoms with Crippen LogP contribution in [0.15, 0.2) is 48.5 Å². The molecule has 6 heteroatoms. The fourth-order valence-corrected chi connectivity index (χ4v) is 2.89. The Morgan fingerprint density at radius 3 is 2.37 bits per heavy atom. The third-order valence-electron chi connectivity index (χ3n) is 4.31. The Labute approximate surface area is 164 Å². The van der Waals surface area contributed by atoms with E-state index in [1.807, 2.05) is 19.1 Å². The number of carbonyl (C=O) groups excluding carboxylic acids is 2. The molecule has 0 unspecified atom stereocenters. The van der Waals surface area contributed by atoms with Gasteiger partial charge in [0.25, 0.3) is 0 Å². The molecule has 0 aromatic heterocycles. The van der Waals surface area contributed by atoms with Crippen molar-refractivity contribution in [2.75, 3.05) is 6.54 Å². The van der Waals surface area contributed by atoms with Gasteiger partial charge in [0.15, 0.2) is 0 Å². The van der Waals surface area contributed by atoms with E-state index in [-0.39, 0.29) is 24.8 Å². The van der Waals surface area contributed by atoms with Gasteiger partial charge in [-0.15, -0.1) is 0 Å². The summed E-state index contributed by atoms with van der Waals surface area (Å²) in [7, 11) is 0. The summed E-state index contributed by atoms with van der Waals surface area (Å²) in [6.45, 7) is 4.33. The molecule has 27 heavy (non-hydrogen) atoms. The van der Waals surface area contributed by atoms with Gasteiger partial charge in [-0.25, -0.2) is 4.39 Å². The van der Waals surface area contributed by atoms with Crippen molar-refractivity contribution in [3.8, 4) is 0 Å². The lowest BCUT2D eigenvalue weighted by molar-refractivity contribution is -0.140. The molecule has 1 atom stereocenters. The highest BCUT2D eigenvalue weighted by molar-refractivity contribution is 6.31. The van der Waals surface area contributed by atoms with Crippen molar-refractivity contribution in [2.24, 2.45) is 0 Å². The molecule has 0 bridgehead atoms. The number of halogens is 2. The fraction of sp³-hybridized carbons (Fsp3) is 0.333. The molecule has 1 N–H and O–H groups in total. The zero-order valence-electron chi connectivity index (χ0n) is 15.5. The van der Waals surface area contributed by atoms with E-state index in [9.17, 15) is 14.0 Å². The first kappa shape index (κ1) is 20.9. The number of rotatable bonds is 8. The number of nitrogens with zero attached hydrogens (tertiary/aromatic N) is 1. The lowest BCUT2D eigenvalue weighted by Gasteiger charge is -2.29. The predicted molar refractivity (Wildman–Crippen MR) is 105 cm³/mol. The molecule has 4 nitrogen and oxygen atoms in total. The van der Waals surface area contributed by atoms with Crippen molar-refractivity contribution in [3.05, 3.63) is 70.5 Å². The molecular formula is C21H24ClFN2O2. The second-order valence-electron chi connectivity index (χ2n) is 6.35. The summed E-state index contributed by atoms with van der Waals surface area (Å²) in [5.41, 5.74) is 1.03. The van der Waals surface area contributed by atoms with Gasteiger partial charge in [-0.05, 0) is 36.6 Å². The Kier molecular flexibility index (Phi) is 7.80. The number of benzene rings is 2. The first-order valence-corrected chi connectivity index (χ1v) is 9.35. The minimum absolute atomic E-state index is 0.122. The molecule has 0 aliphatic carbocycles. The Hall–Kier alpha value is -2.40. The first-order valence-electron chi connectivity index (χ1n) is 8.98. The highest BCUT2D eigenvalue weighted by Gasteiger charge is 2.27. The molecular weight excluding hydrogens is 367 g/mol. The van der Waals surface area contributed by atoms with Crippen LogP contribution in [-0.2, 0) is 22.6 Å². The van der Waals surface area contributed by atoms with Crippen molar-refractivity contribution >= 4 is 23.4 Å². The summed E-state index contributed by atoms with van der Waals surface area (Å²) in [5, 5.41) is 3.32. The third kappa shape index (κ3) is 5.79. The van der Waals surface area contributed by atoms with Crippen LogP contribution < -0.4 is 5.32 Å². The SMILES string of the molecule is CCCNC(=O)[C@H](C)N(Cc1ccccc1Cl)C(=O)Cc1ccccc1F. The van der Waals surface area contributed by atoms with Crippen LogP contribution in [0.2, 0.25) is 5.02 Å². The molecule has 0 heterocycles. The molecule has 2 aromatic rings. The number of amides is 2. The molecule has 2 amide bonds. The van der Waals surface area contributed by atoms with E-state index in [0.717, 1.165) is 12.0 Å². The van der Waals surface area contributed by atoms with E-state index in [2.05, 4.69) is 5.32 Å². The van der Waals surface area contributed by atoms with Crippen LogP contribution in [0, 0.1) is 5.82 Å². The molecule has 2 rings (SSSR count). The van der Waals surface area contributed by atoms with Crippen LogP contribution in [-0.4, -0.2) is 29.3 Å². The van der Waals surface area contributed by atoms with E-state index in [1.54, 1.807) is 37.3 Å². The van der Waals surface area contributed by atoms with Gasteiger partial charge in [0.05, 0.1) is 6.42 Å². The first-order chi connectivity index (χ1) is 12.9.